The molecule has 7 nitrogen and oxygen atoms in total. The second-order valence-electron chi connectivity index (χ2n) is 6.73. The SMILES string of the molecule is CCn1c(SC(C)C(=O)Nc2ccccc2F)nnc1C(C)Oc1ccccc1OC. The van der Waals surface area contributed by atoms with Crippen LogP contribution in [-0.2, 0) is 11.3 Å². The number of anilines is 1. The second-order valence-corrected chi connectivity index (χ2v) is 8.03. The van der Waals surface area contributed by atoms with Crippen LogP contribution in [0.4, 0.5) is 10.1 Å². The molecule has 31 heavy (non-hydrogen) atoms. The number of hydrogen-bond acceptors (Lipinski definition) is 6. The van der Waals surface area contributed by atoms with E-state index >= 15 is 0 Å². The Morgan fingerprint density at radius 1 is 1.13 bits per heavy atom. The quantitative estimate of drug-likeness (QED) is 0.482. The van der Waals surface area contributed by atoms with Gasteiger partial charge in [0.15, 0.2) is 28.6 Å². The summed E-state index contributed by atoms with van der Waals surface area (Å²) in [6.07, 6.45) is -0.388. The molecular formula is C22H25FN4O3S. The number of benzene rings is 2. The number of nitrogens with zero attached hydrogens (tertiary/aromatic N) is 3. The lowest BCUT2D eigenvalue weighted by Gasteiger charge is -2.18. The zero-order chi connectivity index (χ0) is 22.4. The van der Waals surface area contributed by atoms with Gasteiger partial charge in [-0.15, -0.1) is 10.2 Å². The number of ether oxygens (including phenoxy) is 2. The first-order valence-electron chi connectivity index (χ1n) is 9.89. The van der Waals surface area contributed by atoms with Gasteiger partial charge in [0, 0.05) is 6.54 Å². The van der Waals surface area contributed by atoms with Crippen molar-refractivity contribution in [3.8, 4) is 11.5 Å². The number of rotatable bonds is 9. The maximum atomic E-state index is 13.8. The van der Waals surface area contributed by atoms with Crippen molar-refractivity contribution in [2.24, 2.45) is 0 Å². The van der Waals surface area contributed by atoms with E-state index in [1.807, 2.05) is 42.7 Å². The minimum Gasteiger partial charge on any atom is -0.493 e. The fourth-order valence-corrected chi connectivity index (χ4v) is 3.87. The highest BCUT2D eigenvalue weighted by Crippen LogP contribution is 2.32. The monoisotopic (exact) mass is 444 g/mol. The lowest BCUT2D eigenvalue weighted by molar-refractivity contribution is -0.115. The van der Waals surface area contributed by atoms with E-state index in [0.717, 1.165) is 0 Å². The Kier molecular flexibility index (Phi) is 7.51. The Balaban J connectivity index is 1.72. The number of carbonyl (C=O) groups is 1. The first-order chi connectivity index (χ1) is 14.9. The molecule has 3 rings (SSSR count). The van der Waals surface area contributed by atoms with E-state index in [9.17, 15) is 9.18 Å². The molecular weight excluding hydrogens is 419 g/mol. The maximum absolute atomic E-state index is 13.8. The molecule has 2 unspecified atom stereocenters. The molecule has 2 atom stereocenters. The lowest BCUT2D eigenvalue weighted by atomic mass is 10.3. The van der Waals surface area contributed by atoms with E-state index in [4.69, 9.17) is 9.47 Å². The van der Waals surface area contributed by atoms with Crippen LogP contribution >= 0.6 is 11.8 Å². The summed E-state index contributed by atoms with van der Waals surface area (Å²) in [6.45, 7) is 6.19. The van der Waals surface area contributed by atoms with Gasteiger partial charge < -0.3 is 19.4 Å². The van der Waals surface area contributed by atoms with Gasteiger partial charge in [0.25, 0.3) is 0 Å². The van der Waals surface area contributed by atoms with Crippen LogP contribution in [0.3, 0.4) is 0 Å². The van der Waals surface area contributed by atoms with Crippen molar-refractivity contribution in [1.82, 2.24) is 14.8 Å². The maximum Gasteiger partial charge on any atom is 0.237 e. The Morgan fingerprint density at radius 2 is 1.81 bits per heavy atom. The van der Waals surface area contributed by atoms with Gasteiger partial charge in [0.1, 0.15) is 5.82 Å². The van der Waals surface area contributed by atoms with E-state index in [1.54, 1.807) is 26.2 Å². The lowest BCUT2D eigenvalue weighted by Crippen LogP contribution is -2.23. The molecule has 0 aliphatic carbocycles. The van der Waals surface area contributed by atoms with Crippen LogP contribution in [0.25, 0.3) is 0 Å². The summed E-state index contributed by atoms with van der Waals surface area (Å²) in [5.74, 6) is 1.08. The summed E-state index contributed by atoms with van der Waals surface area (Å²) in [4.78, 5) is 12.5. The zero-order valence-corrected chi connectivity index (χ0v) is 18.6. The van der Waals surface area contributed by atoms with E-state index in [0.29, 0.717) is 29.0 Å². The average Bonchev–Trinajstić information content (AvgIpc) is 3.18. The first-order valence-corrected chi connectivity index (χ1v) is 10.8. The van der Waals surface area contributed by atoms with Crippen LogP contribution in [0, 0.1) is 5.82 Å². The van der Waals surface area contributed by atoms with Gasteiger partial charge in [-0.05, 0) is 45.0 Å². The molecule has 1 heterocycles. The van der Waals surface area contributed by atoms with Crippen molar-refractivity contribution in [3.63, 3.8) is 0 Å². The summed E-state index contributed by atoms with van der Waals surface area (Å²) < 4.78 is 27.1. The molecule has 0 aliphatic heterocycles. The normalized spacial score (nSPS) is 12.8. The highest BCUT2D eigenvalue weighted by atomic mass is 32.2. The zero-order valence-electron chi connectivity index (χ0n) is 17.8. The number of carbonyl (C=O) groups excluding carboxylic acids is 1. The molecule has 1 N–H and O–H groups in total. The van der Waals surface area contributed by atoms with E-state index in [-0.39, 0.29) is 17.7 Å². The minimum atomic E-state index is -0.507. The third-order valence-corrected chi connectivity index (χ3v) is 5.66. The Hall–Kier alpha value is -3.07. The predicted molar refractivity (Wildman–Crippen MR) is 118 cm³/mol. The Bertz CT molecular complexity index is 1040. The van der Waals surface area contributed by atoms with Crippen LogP contribution < -0.4 is 14.8 Å². The van der Waals surface area contributed by atoms with E-state index < -0.39 is 11.1 Å². The van der Waals surface area contributed by atoms with Gasteiger partial charge in [-0.1, -0.05) is 36.0 Å². The molecule has 0 radical (unpaired) electrons. The third kappa shape index (κ3) is 5.35. The molecule has 1 aromatic heterocycles. The van der Waals surface area contributed by atoms with Gasteiger partial charge in [-0.2, -0.15) is 0 Å². The number of methoxy groups -OCH3 is 1. The first kappa shape index (κ1) is 22.6. The van der Waals surface area contributed by atoms with Crippen molar-refractivity contribution in [2.45, 2.75) is 43.8 Å². The molecule has 0 fully saturated rings. The fraction of sp³-hybridized carbons (Fsp3) is 0.318. The minimum absolute atomic E-state index is 0.149. The van der Waals surface area contributed by atoms with Gasteiger partial charge in [0.05, 0.1) is 18.0 Å². The number of nitrogens with one attached hydrogen (secondary N) is 1. The number of halogens is 1. The second kappa shape index (κ2) is 10.3. The van der Waals surface area contributed by atoms with Crippen molar-refractivity contribution < 1.29 is 18.7 Å². The van der Waals surface area contributed by atoms with Crippen molar-refractivity contribution in [2.75, 3.05) is 12.4 Å². The summed E-state index contributed by atoms with van der Waals surface area (Å²) in [6, 6.07) is 13.4. The topological polar surface area (TPSA) is 78.3 Å². The average molecular weight is 445 g/mol. The largest absolute Gasteiger partial charge is 0.493 e. The Labute approximate surface area is 185 Å². The molecule has 0 saturated carbocycles. The molecule has 0 aliphatic rings. The van der Waals surface area contributed by atoms with Crippen LogP contribution in [0.5, 0.6) is 11.5 Å². The highest BCUT2D eigenvalue weighted by molar-refractivity contribution is 8.00. The van der Waals surface area contributed by atoms with Crippen LogP contribution in [0.1, 0.15) is 32.7 Å². The van der Waals surface area contributed by atoms with E-state index in [1.165, 1.54) is 23.9 Å². The van der Waals surface area contributed by atoms with Crippen molar-refractivity contribution in [3.05, 3.63) is 60.2 Å². The van der Waals surface area contributed by atoms with Gasteiger partial charge in [-0.25, -0.2) is 4.39 Å². The predicted octanol–water partition coefficient (Wildman–Crippen LogP) is 4.71. The molecule has 9 heteroatoms. The van der Waals surface area contributed by atoms with Gasteiger partial charge in [-0.3, -0.25) is 4.79 Å². The van der Waals surface area contributed by atoms with Crippen molar-refractivity contribution >= 4 is 23.4 Å². The molecule has 0 bridgehead atoms. The number of thioether (sulfide) groups is 1. The molecule has 3 aromatic rings. The number of amides is 1. The number of hydrogen-bond donors (Lipinski definition) is 1. The van der Waals surface area contributed by atoms with Gasteiger partial charge >= 0.3 is 0 Å². The molecule has 164 valence electrons. The molecule has 1 amide bonds. The number of para-hydroxylation sites is 3. The standard InChI is InChI=1S/C22H25FN4O3S/c1-5-27-20(14(2)30-19-13-9-8-12-18(19)29-4)25-26-22(27)31-15(3)21(28)24-17-11-7-6-10-16(17)23/h6-15H,5H2,1-4H3,(H,24,28). The van der Waals surface area contributed by atoms with Crippen molar-refractivity contribution in [1.29, 1.82) is 0 Å². The molecule has 2 aromatic carbocycles. The summed E-state index contributed by atoms with van der Waals surface area (Å²) in [7, 11) is 1.59. The highest BCUT2D eigenvalue weighted by Gasteiger charge is 2.23. The number of aromatic nitrogens is 3. The fourth-order valence-electron chi connectivity index (χ4n) is 2.95. The van der Waals surface area contributed by atoms with Crippen LogP contribution in [0.2, 0.25) is 0 Å². The third-order valence-electron chi connectivity index (χ3n) is 4.58. The van der Waals surface area contributed by atoms with Crippen LogP contribution in [-0.4, -0.2) is 33.0 Å². The summed E-state index contributed by atoms with van der Waals surface area (Å²) >= 11 is 1.25. The summed E-state index contributed by atoms with van der Waals surface area (Å²) in [5.41, 5.74) is 0.149. The summed E-state index contributed by atoms with van der Waals surface area (Å²) in [5, 5.41) is 11.2. The molecule has 0 saturated heterocycles. The molecule has 0 spiro atoms. The van der Waals surface area contributed by atoms with Gasteiger partial charge in [0.2, 0.25) is 5.91 Å². The Morgan fingerprint density at radius 3 is 2.48 bits per heavy atom. The smallest absolute Gasteiger partial charge is 0.237 e. The van der Waals surface area contributed by atoms with Crippen LogP contribution in [0.15, 0.2) is 53.7 Å². The van der Waals surface area contributed by atoms with E-state index in [2.05, 4.69) is 15.5 Å².